The minimum Gasteiger partial charge on any atom is -0.361 e. The topological polar surface area (TPSA) is 77.1 Å². The van der Waals surface area contributed by atoms with Crippen LogP contribution in [-0.4, -0.2) is 28.0 Å². The third-order valence-electron chi connectivity index (χ3n) is 5.21. The Balaban J connectivity index is 1.45. The third kappa shape index (κ3) is 2.62. The summed E-state index contributed by atoms with van der Waals surface area (Å²) in [5.41, 5.74) is 3.18. The number of hydrogen-bond donors (Lipinski definition) is 1. The Morgan fingerprint density at radius 2 is 2.15 bits per heavy atom. The molecule has 6 nitrogen and oxygen atoms in total. The fraction of sp³-hybridized carbons (Fsp3) is 0.350. The van der Waals surface area contributed by atoms with E-state index in [4.69, 9.17) is 4.52 Å². The van der Waals surface area contributed by atoms with E-state index in [-0.39, 0.29) is 18.1 Å². The maximum atomic E-state index is 12.7. The molecule has 26 heavy (non-hydrogen) atoms. The Bertz CT molecular complexity index is 1030. The molecule has 0 saturated heterocycles. The van der Waals surface area contributed by atoms with E-state index in [0.29, 0.717) is 29.5 Å². The van der Waals surface area contributed by atoms with E-state index >= 15 is 0 Å². The summed E-state index contributed by atoms with van der Waals surface area (Å²) >= 11 is 0. The van der Waals surface area contributed by atoms with Crippen molar-refractivity contribution in [2.24, 2.45) is 0 Å². The number of nitrogens with one attached hydrogen (secondary N) is 1. The average Bonchev–Trinajstić information content (AvgIpc) is 3.33. The molecule has 1 aromatic carbocycles. The van der Waals surface area contributed by atoms with Crippen LogP contribution < -0.4 is 5.32 Å². The van der Waals surface area contributed by atoms with Crippen molar-refractivity contribution in [2.45, 2.75) is 38.1 Å². The average molecular weight is 349 g/mol. The summed E-state index contributed by atoms with van der Waals surface area (Å²) in [5.74, 6) is 1.08. The molecular formula is C20H19N3O3. The van der Waals surface area contributed by atoms with Gasteiger partial charge in [-0.25, -0.2) is 0 Å². The molecule has 0 spiro atoms. The number of Topliss-reactive ketones (excluding diaryl/α,β-unsaturated/α-hetero) is 1. The van der Waals surface area contributed by atoms with E-state index in [9.17, 15) is 9.59 Å². The number of amides is 1. The van der Waals surface area contributed by atoms with Gasteiger partial charge in [0.2, 0.25) is 0 Å². The summed E-state index contributed by atoms with van der Waals surface area (Å²) in [6, 6.07) is 9.41. The highest BCUT2D eigenvalue weighted by Gasteiger charge is 2.27. The van der Waals surface area contributed by atoms with Gasteiger partial charge in [0.1, 0.15) is 11.5 Å². The fourth-order valence-electron chi connectivity index (χ4n) is 3.63. The van der Waals surface area contributed by atoms with E-state index in [1.807, 2.05) is 34.9 Å². The summed E-state index contributed by atoms with van der Waals surface area (Å²) < 4.78 is 7.33. The highest BCUT2D eigenvalue weighted by molar-refractivity contribution is 6.03. The van der Waals surface area contributed by atoms with Crippen LogP contribution in [0.5, 0.6) is 0 Å². The number of aryl methyl sites for hydroxylation is 1. The molecule has 0 radical (unpaired) electrons. The zero-order valence-corrected chi connectivity index (χ0v) is 14.3. The lowest BCUT2D eigenvalue weighted by Crippen LogP contribution is -2.22. The highest BCUT2D eigenvalue weighted by Crippen LogP contribution is 2.39. The summed E-state index contributed by atoms with van der Waals surface area (Å²) in [7, 11) is 0. The zero-order chi connectivity index (χ0) is 17.7. The van der Waals surface area contributed by atoms with Gasteiger partial charge < -0.3 is 14.4 Å². The predicted octanol–water partition coefficient (Wildman–Crippen LogP) is 3.07. The van der Waals surface area contributed by atoms with Crippen LogP contribution in [0.2, 0.25) is 0 Å². The molecule has 1 amide bonds. The molecule has 3 aromatic rings. The van der Waals surface area contributed by atoms with Crippen LogP contribution in [0.3, 0.4) is 0 Å². The number of fused-ring (bicyclic) bond motifs is 3. The second-order valence-electron chi connectivity index (χ2n) is 7.16. The van der Waals surface area contributed by atoms with Gasteiger partial charge in [-0.1, -0.05) is 17.3 Å². The normalized spacial score (nSPS) is 17.0. The number of rotatable bonds is 4. The number of hydrogen-bond acceptors (Lipinski definition) is 4. The molecule has 1 fully saturated rings. The molecule has 2 aliphatic rings. The number of carbonyl (C=O) groups is 2. The summed E-state index contributed by atoms with van der Waals surface area (Å²) in [4.78, 5) is 24.9. The van der Waals surface area contributed by atoms with Crippen LogP contribution >= 0.6 is 0 Å². The van der Waals surface area contributed by atoms with Gasteiger partial charge in [0, 0.05) is 41.5 Å². The molecule has 0 unspecified atom stereocenters. The molecule has 5 rings (SSSR count). The lowest BCUT2D eigenvalue weighted by molar-refractivity contribution is 0.0949. The van der Waals surface area contributed by atoms with Crippen molar-refractivity contribution in [1.82, 2.24) is 15.0 Å². The predicted molar refractivity (Wildman–Crippen MR) is 95.4 cm³/mol. The molecule has 1 N–H and O–H groups in total. The minimum absolute atomic E-state index is 0.000907. The molecule has 6 heteroatoms. The number of carbonyl (C=O) groups excluding carboxylic acids is 2. The smallest absolute Gasteiger partial charge is 0.267 e. The van der Waals surface area contributed by atoms with E-state index in [0.717, 1.165) is 42.4 Å². The molecule has 132 valence electrons. The number of aromatic nitrogens is 2. The highest BCUT2D eigenvalue weighted by atomic mass is 16.5. The van der Waals surface area contributed by atoms with Crippen LogP contribution in [0.4, 0.5) is 0 Å². The van der Waals surface area contributed by atoms with Crippen LogP contribution in [0, 0.1) is 0 Å². The molecule has 1 aliphatic heterocycles. The first-order valence-electron chi connectivity index (χ1n) is 9.09. The van der Waals surface area contributed by atoms with E-state index in [1.54, 1.807) is 0 Å². The Kier molecular flexibility index (Phi) is 3.45. The quantitative estimate of drug-likeness (QED) is 0.735. The maximum absolute atomic E-state index is 12.7. The van der Waals surface area contributed by atoms with Crippen LogP contribution in [0.15, 0.2) is 34.9 Å². The summed E-state index contributed by atoms with van der Waals surface area (Å²) in [5, 5.41) is 7.95. The van der Waals surface area contributed by atoms with Gasteiger partial charge in [-0.2, -0.15) is 0 Å². The van der Waals surface area contributed by atoms with Crippen molar-refractivity contribution < 1.29 is 14.1 Å². The molecule has 0 atom stereocenters. The van der Waals surface area contributed by atoms with Gasteiger partial charge in [0.25, 0.3) is 5.91 Å². The molecule has 2 aromatic heterocycles. The number of benzene rings is 1. The summed E-state index contributed by atoms with van der Waals surface area (Å²) in [6.07, 6.45) is 3.40. The Labute approximate surface area is 150 Å². The second-order valence-corrected chi connectivity index (χ2v) is 7.16. The van der Waals surface area contributed by atoms with Crippen LogP contribution in [0.25, 0.3) is 10.9 Å². The third-order valence-corrected chi connectivity index (χ3v) is 5.21. The first-order valence-corrected chi connectivity index (χ1v) is 9.09. The van der Waals surface area contributed by atoms with Gasteiger partial charge in [-0.15, -0.1) is 0 Å². The lowest BCUT2D eigenvalue weighted by Gasteiger charge is -2.06. The zero-order valence-electron chi connectivity index (χ0n) is 14.3. The maximum Gasteiger partial charge on any atom is 0.267 e. The van der Waals surface area contributed by atoms with Gasteiger partial charge >= 0.3 is 0 Å². The number of ketones is 1. The lowest BCUT2D eigenvalue weighted by atomic mass is 10.0. The largest absolute Gasteiger partial charge is 0.361 e. The molecule has 1 saturated carbocycles. The Morgan fingerprint density at radius 3 is 3.00 bits per heavy atom. The van der Waals surface area contributed by atoms with Crippen molar-refractivity contribution in [3.63, 3.8) is 0 Å². The van der Waals surface area contributed by atoms with Crippen LogP contribution in [-0.2, 0) is 13.0 Å². The molecule has 3 heterocycles. The van der Waals surface area contributed by atoms with Crippen LogP contribution in [0.1, 0.15) is 57.5 Å². The Morgan fingerprint density at radius 1 is 1.27 bits per heavy atom. The van der Waals surface area contributed by atoms with Crippen molar-refractivity contribution in [3.8, 4) is 0 Å². The van der Waals surface area contributed by atoms with Gasteiger partial charge in [0.05, 0.1) is 12.1 Å². The molecular weight excluding hydrogens is 330 g/mol. The summed E-state index contributed by atoms with van der Waals surface area (Å²) in [6.45, 7) is 1.44. The first-order chi connectivity index (χ1) is 12.7. The SMILES string of the molecule is O=C(Cc1cc(C2CC2)no1)c1ccc2cc3n(c2c1)CCCNC3=O. The van der Waals surface area contributed by atoms with Gasteiger partial charge in [0.15, 0.2) is 5.78 Å². The first kappa shape index (κ1) is 15.4. The standard InChI is InChI=1S/C20H19N3O3/c24-19(11-15-10-16(22-26-15)12-2-3-12)14-5-4-13-8-18-20(25)21-6-1-7-23(18)17(13)9-14/h4-5,8-10,12H,1-3,6-7,11H2,(H,21,25). The van der Waals surface area contributed by atoms with Crippen molar-refractivity contribution in [1.29, 1.82) is 0 Å². The second kappa shape index (κ2) is 5.83. The van der Waals surface area contributed by atoms with E-state index in [2.05, 4.69) is 10.5 Å². The monoisotopic (exact) mass is 349 g/mol. The Hall–Kier alpha value is -2.89. The van der Waals surface area contributed by atoms with Crippen molar-refractivity contribution in [3.05, 3.63) is 53.0 Å². The minimum atomic E-state index is -0.0548. The molecule has 1 aliphatic carbocycles. The van der Waals surface area contributed by atoms with Crippen molar-refractivity contribution in [2.75, 3.05) is 6.54 Å². The van der Waals surface area contributed by atoms with Crippen molar-refractivity contribution >= 4 is 22.6 Å². The van der Waals surface area contributed by atoms with Gasteiger partial charge in [-0.3, -0.25) is 9.59 Å². The number of nitrogens with zero attached hydrogens (tertiary/aromatic N) is 2. The molecule has 0 bridgehead atoms. The van der Waals surface area contributed by atoms with E-state index < -0.39 is 0 Å². The fourth-order valence-corrected chi connectivity index (χ4v) is 3.63. The van der Waals surface area contributed by atoms with Gasteiger partial charge in [-0.05, 0) is 31.4 Å². The van der Waals surface area contributed by atoms with E-state index in [1.165, 1.54) is 0 Å².